The van der Waals surface area contributed by atoms with Gasteiger partial charge in [-0.3, -0.25) is 4.79 Å². The number of aryl methyl sites for hydroxylation is 1. The molecule has 2 aromatic rings. The van der Waals surface area contributed by atoms with Gasteiger partial charge in [-0.1, -0.05) is 0 Å². The average Bonchev–Trinajstić information content (AvgIpc) is 2.69. The normalized spacial score (nSPS) is 11.7. The number of rotatable bonds is 3. The third-order valence-electron chi connectivity index (χ3n) is 2.68. The van der Waals surface area contributed by atoms with Gasteiger partial charge in [-0.05, 0) is 18.6 Å². The number of methoxy groups -OCH3 is 1. The molecule has 18 heavy (non-hydrogen) atoms. The predicted molar refractivity (Wildman–Crippen MR) is 68.0 cm³/mol. The molecule has 0 fully saturated rings. The largest absolute Gasteiger partial charge is 0.495 e. The van der Waals surface area contributed by atoms with E-state index in [1.807, 2.05) is 0 Å². The number of aromatic nitrogens is 1. The number of ether oxygens (including phenoxy) is 1. The number of carbonyl (C=O) groups excluding carboxylic acids is 1. The summed E-state index contributed by atoms with van der Waals surface area (Å²) in [5.41, 5.74) is 1.09. The number of aldehydes is 1. The molecule has 0 aliphatic heterocycles. The molecular formula is C11H10ClNO4S. The molecule has 0 atom stereocenters. The number of fused-ring (bicyclic) bond motifs is 1. The van der Waals surface area contributed by atoms with E-state index in [4.69, 9.17) is 15.4 Å². The Kier molecular flexibility index (Phi) is 3.08. The number of carbonyl (C=O) groups is 1. The third-order valence-corrected chi connectivity index (χ3v) is 4.16. The van der Waals surface area contributed by atoms with Crippen molar-refractivity contribution in [3.8, 4) is 5.75 Å². The van der Waals surface area contributed by atoms with Crippen molar-refractivity contribution in [3.63, 3.8) is 0 Å². The minimum Gasteiger partial charge on any atom is -0.495 e. The lowest BCUT2D eigenvalue weighted by atomic mass is 10.1. The van der Waals surface area contributed by atoms with Crippen molar-refractivity contribution < 1.29 is 17.9 Å². The van der Waals surface area contributed by atoms with Crippen LogP contribution in [0, 0.1) is 6.92 Å². The summed E-state index contributed by atoms with van der Waals surface area (Å²) in [7, 11) is 2.94. The van der Waals surface area contributed by atoms with Gasteiger partial charge in [-0.15, -0.1) is 0 Å². The molecule has 0 aliphatic carbocycles. The van der Waals surface area contributed by atoms with E-state index in [9.17, 15) is 13.2 Å². The second-order valence-electron chi connectivity index (χ2n) is 3.77. The molecule has 1 aromatic carbocycles. The molecule has 5 nitrogen and oxygen atoms in total. The van der Waals surface area contributed by atoms with Crippen LogP contribution in [-0.2, 0) is 9.05 Å². The predicted octanol–water partition coefficient (Wildman–Crippen LogP) is 2.22. The third kappa shape index (κ3) is 1.87. The highest BCUT2D eigenvalue weighted by atomic mass is 35.7. The molecule has 0 unspecified atom stereocenters. The van der Waals surface area contributed by atoms with Crippen LogP contribution in [0.2, 0.25) is 0 Å². The second kappa shape index (κ2) is 4.29. The summed E-state index contributed by atoms with van der Waals surface area (Å²) in [5.74, 6) is 0.458. The quantitative estimate of drug-likeness (QED) is 0.694. The van der Waals surface area contributed by atoms with E-state index >= 15 is 0 Å². The van der Waals surface area contributed by atoms with Crippen LogP contribution in [0.25, 0.3) is 10.9 Å². The number of hydrogen-bond donors (Lipinski definition) is 1. The smallest absolute Gasteiger partial charge is 0.262 e. The van der Waals surface area contributed by atoms with Crippen molar-refractivity contribution >= 4 is 36.9 Å². The fourth-order valence-corrected chi connectivity index (χ4v) is 3.48. The summed E-state index contributed by atoms with van der Waals surface area (Å²) in [6.45, 7) is 1.60. The molecule has 0 spiro atoms. The Labute approximate surface area is 108 Å². The summed E-state index contributed by atoms with van der Waals surface area (Å²) in [4.78, 5) is 13.7. The van der Waals surface area contributed by atoms with Crippen LogP contribution in [0.15, 0.2) is 17.2 Å². The van der Waals surface area contributed by atoms with Crippen molar-refractivity contribution in [1.82, 2.24) is 4.98 Å². The highest BCUT2D eigenvalue weighted by Crippen LogP contribution is 2.36. The molecule has 0 bridgehead atoms. The summed E-state index contributed by atoms with van der Waals surface area (Å²) >= 11 is 0. The minimum absolute atomic E-state index is 0.0664. The SMILES string of the molecule is COc1cc(C)c(S(=O)(=O)Cl)c2c(C=O)c[nH]c12. The standard InChI is InChI=1S/C11H10ClNO4S/c1-6-3-8(17-2)10-9(7(5-14)4-13-10)11(6)18(12,15)16/h3-5,13H,1-2H3. The van der Waals surface area contributed by atoms with Gasteiger partial charge in [0, 0.05) is 27.8 Å². The first kappa shape index (κ1) is 12.9. The Balaban J connectivity index is 3.06. The summed E-state index contributed by atoms with van der Waals surface area (Å²) in [5, 5.41) is 0.261. The zero-order chi connectivity index (χ0) is 13.5. The van der Waals surface area contributed by atoms with Crippen LogP contribution >= 0.6 is 10.7 Å². The van der Waals surface area contributed by atoms with Crippen LogP contribution in [0.4, 0.5) is 0 Å². The fourth-order valence-electron chi connectivity index (χ4n) is 1.98. The van der Waals surface area contributed by atoms with Crippen molar-refractivity contribution in [3.05, 3.63) is 23.4 Å². The highest BCUT2D eigenvalue weighted by molar-refractivity contribution is 8.14. The van der Waals surface area contributed by atoms with E-state index in [2.05, 4.69) is 4.98 Å². The van der Waals surface area contributed by atoms with Crippen molar-refractivity contribution in [1.29, 1.82) is 0 Å². The summed E-state index contributed by atoms with van der Waals surface area (Å²) < 4.78 is 28.4. The Morgan fingerprint density at radius 2 is 2.11 bits per heavy atom. The van der Waals surface area contributed by atoms with E-state index in [0.29, 0.717) is 23.1 Å². The Morgan fingerprint density at radius 3 is 2.61 bits per heavy atom. The maximum absolute atomic E-state index is 11.6. The van der Waals surface area contributed by atoms with E-state index in [1.54, 1.807) is 13.0 Å². The highest BCUT2D eigenvalue weighted by Gasteiger charge is 2.23. The number of halogens is 1. The first-order valence-electron chi connectivity index (χ1n) is 4.98. The van der Waals surface area contributed by atoms with Gasteiger partial charge in [-0.25, -0.2) is 8.42 Å². The molecule has 0 amide bonds. The number of H-pyrrole nitrogens is 1. The number of hydrogen-bond acceptors (Lipinski definition) is 4. The molecule has 1 heterocycles. The molecule has 1 N–H and O–H groups in total. The van der Waals surface area contributed by atoms with Crippen LogP contribution in [0.5, 0.6) is 5.75 Å². The minimum atomic E-state index is -3.95. The maximum Gasteiger partial charge on any atom is 0.262 e. The molecule has 0 saturated heterocycles. The lowest BCUT2D eigenvalue weighted by Gasteiger charge is -2.09. The van der Waals surface area contributed by atoms with Gasteiger partial charge in [0.15, 0.2) is 6.29 Å². The van der Waals surface area contributed by atoms with E-state index in [-0.39, 0.29) is 15.8 Å². The molecule has 7 heteroatoms. The first-order chi connectivity index (χ1) is 8.40. The van der Waals surface area contributed by atoms with E-state index < -0.39 is 9.05 Å². The topological polar surface area (TPSA) is 76.2 Å². The summed E-state index contributed by atoms with van der Waals surface area (Å²) in [6.07, 6.45) is 1.99. The fraction of sp³-hybridized carbons (Fsp3) is 0.182. The van der Waals surface area contributed by atoms with Crippen molar-refractivity contribution in [2.45, 2.75) is 11.8 Å². The average molecular weight is 288 g/mol. The van der Waals surface area contributed by atoms with Crippen LogP contribution in [-0.4, -0.2) is 26.8 Å². The second-order valence-corrected chi connectivity index (χ2v) is 6.28. The van der Waals surface area contributed by atoms with E-state index in [1.165, 1.54) is 13.3 Å². The summed E-state index contributed by atoms with van der Waals surface area (Å²) in [6, 6.07) is 1.56. The van der Waals surface area contributed by atoms with E-state index in [0.717, 1.165) is 0 Å². The van der Waals surface area contributed by atoms with Gasteiger partial charge in [0.1, 0.15) is 5.75 Å². The van der Waals surface area contributed by atoms with Gasteiger partial charge < -0.3 is 9.72 Å². The Bertz CT molecular complexity index is 733. The molecule has 0 saturated carbocycles. The molecule has 0 radical (unpaired) electrons. The van der Waals surface area contributed by atoms with Crippen LogP contribution in [0.3, 0.4) is 0 Å². The number of nitrogens with one attached hydrogen (secondary N) is 1. The zero-order valence-electron chi connectivity index (χ0n) is 9.65. The number of aromatic amines is 1. The van der Waals surface area contributed by atoms with Gasteiger partial charge in [0.25, 0.3) is 9.05 Å². The van der Waals surface area contributed by atoms with Gasteiger partial charge in [0.05, 0.1) is 17.5 Å². The molecule has 0 aliphatic rings. The molecule has 2 rings (SSSR count). The lowest BCUT2D eigenvalue weighted by Crippen LogP contribution is -1.98. The van der Waals surface area contributed by atoms with Crippen LogP contribution in [0.1, 0.15) is 15.9 Å². The lowest BCUT2D eigenvalue weighted by molar-refractivity contribution is 0.112. The first-order valence-corrected chi connectivity index (χ1v) is 7.29. The molecule has 96 valence electrons. The van der Waals surface area contributed by atoms with Gasteiger partial charge in [0.2, 0.25) is 0 Å². The van der Waals surface area contributed by atoms with Crippen LogP contribution < -0.4 is 4.74 Å². The van der Waals surface area contributed by atoms with Gasteiger partial charge >= 0.3 is 0 Å². The Morgan fingerprint density at radius 1 is 1.44 bits per heavy atom. The maximum atomic E-state index is 11.6. The van der Waals surface area contributed by atoms with Gasteiger partial charge in [-0.2, -0.15) is 0 Å². The monoisotopic (exact) mass is 287 g/mol. The van der Waals surface area contributed by atoms with Crippen molar-refractivity contribution in [2.75, 3.05) is 7.11 Å². The zero-order valence-corrected chi connectivity index (χ0v) is 11.2. The number of benzene rings is 1. The Hall–Kier alpha value is -1.53. The van der Waals surface area contributed by atoms with Crippen molar-refractivity contribution in [2.24, 2.45) is 0 Å². The molecular weight excluding hydrogens is 278 g/mol. The molecule has 1 aromatic heterocycles.